The quantitative estimate of drug-likeness (QED) is 0.605. The zero-order chi connectivity index (χ0) is 10.9. The van der Waals surface area contributed by atoms with Gasteiger partial charge in [0, 0.05) is 16.7 Å². The molecule has 0 amide bonds. The molecule has 0 fully saturated rings. The first-order chi connectivity index (χ1) is 7.33. The summed E-state index contributed by atoms with van der Waals surface area (Å²) >= 11 is 3.39. The summed E-state index contributed by atoms with van der Waals surface area (Å²) in [5, 5.41) is 3.28. The number of halogens is 1. The van der Waals surface area contributed by atoms with Crippen LogP contribution in [0, 0.1) is 0 Å². The Kier molecular flexibility index (Phi) is 6.12. The van der Waals surface area contributed by atoms with Gasteiger partial charge in [-0.15, -0.1) is 6.58 Å². The van der Waals surface area contributed by atoms with Gasteiger partial charge in [0.1, 0.15) is 0 Å². The van der Waals surface area contributed by atoms with Crippen molar-refractivity contribution in [3.05, 3.63) is 41.4 Å². The Balaban J connectivity index is 2.09. The van der Waals surface area contributed by atoms with Gasteiger partial charge in [0.05, 0.1) is 13.2 Å². The second-order valence-corrected chi connectivity index (χ2v) is 4.04. The highest BCUT2D eigenvalue weighted by molar-refractivity contribution is 9.10. The third-order valence-corrected chi connectivity index (χ3v) is 2.41. The van der Waals surface area contributed by atoms with Crippen LogP contribution < -0.4 is 5.32 Å². The number of hydrogen-bond acceptors (Lipinski definition) is 2. The van der Waals surface area contributed by atoms with E-state index in [0.29, 0.717) is 0 Å². The molecule has 0 heterocycles. The summed E-state index contributed by atoms with van der Waals surface area (Å²) in [5.41, 5.74) is 1.12. The van der Waals surface area contributed by atoms with Gasteiger partial charge in [-0.05, 0) is 30.7 Å². The van der Waals surface area contributed by atoms with E-state index in [0.717, 1.165) is 36.3 Å². The molecule has 0 saturated heterocycles. The van der Waals surface area contributed by atoms with Gasteiger partial charge < -0.3 is 10.1 Å². The highest BCUT2D eigenvalue weighted by Gasteiger charge is 1.91. The lowest BCUT2D eigenvalue weighted by molar-refractivity contribution is 0.149. The van der Waals surface area contributed by atoms with Crippen LogP contribution in [0.2, 0.25) is 0 Å². The van der Waals surface area contributed by atoms with E-state index in [1.54, 1.807) is 0 Å². The molecule has 0 aliphatic carbocycles. The molecule has 0 saturated carbocycles. The Morgan fingerprint density at radius 2 is 2.00 bits per heavy atom. The summed E-state index contributed by atoms with van der Waals surface area (Å²) < 4.78 is 6.47. The molecule has 0 aliphatic rings. The highest BCUT2D eigenvalue weighted by atomic mass is 79.9. The Morgan fingerprint density at radius 3 is 2.67 bits per heavy atom. The van der Waals surface area contributed by atoms with E-state index >= 15 is 0 Å². The summed E-state index contributed by atoms with van der Waals surface area (Å²) in [4.78, 5) is 0. The standard InChI is InChI=1S/C12H16BrNO/c1-2-3-9-15-10-8-14-12-6-4-11(13)5-7-12/h2,4-7,14H,1,3,8-10H2. The predicted octanol–water partition coefficient (Wildman–Crippen LogP) is 3.45. The van der Waals surface area contributed by atoms with Gasteiger partial charge in [0.15, 0.2) is 0 Å². The first-order valence-electron chi connectivity index (χ1n) is 5.01. The van der Waals surface area contributed by atoms with Gasteiger partial charge in [-0.2, -0.15) is 0 Å². The maximum absolute atomic E-state index is 5.38. The van der Waals surface area contributed by atoms with Crippen LogP contribution >= 0.6 is 15.9 Å². The second kappa shape index (κ2) is 7.49. The zero-order valence-corrected chi connectivity index (χ0v) is 10.3. The molecule has 1 N–H and O–H groups in total. The van der Waals surface area contributed by atoms with Gasteiger partial charge in [-0.3, -0.25) is 0 Å². The van der Waals surface area contributed by atoms with Gasteiger partial charge >= 0.3 is 0 Å². The van der Waals surface area contributed by atoms with E-state index in [1.165, 1.54) is 0 Å². The topological polar surface area (TPSA) is 21.3 Å². The van der Waals surface area contributed by atoms with Crippen LogP contribution in [0.3, 0.4) is 0 Å². The zero-order valence-electron chi connectivity index (χ0n) is 8.71. The molecule has 0 bridgehead atoms. The van der Waals surface area contributed by atoms with Crippen molar-refractivity contribution in [2.24, 2.45) is 0 Å². The summed E-state index contributed by atoms with van der Waals surface area (Å²) in [6.45, 7) is 5.95. The Bertz CT molecular complexity index is 284. The molecule has 0 aliphatic heterocycles. The molecule has 15 heavy (non-hydrogen) atoms. The molecule has 0 spiro atoms. The minimum atomic E-state index is 0.726. The van der Waals surface area contributed by atoms with E-state index in [1.807, 2.05) is 30.3 Å². The maximum atomic E-state index is 5.38. The number of benzene rings is 1. The fourth-order valence-electron chi connectivity index (χ4n) is 1.10. The van der Waals surface area contributed by atoms with Crippen LogP contribution in [0.25, 0.3) is 0 Å². The number of nitrogens with one attached hydrogen (secondary N) is 1. The Labute approximate surface area is 99.5 Å². The van der Waals surface area contributed by atoms with Crippen LogP contribution in [-0.2, 0) is 4.74 Å². The van der Waals surface area contributed by atoms with E-state index in [4.69, 9.17) is 4.74 Å². The average molecular weight is 270 g/mol. The minimum absolute atomic E-state index is 0.726. The van der Waals surface area contributed by atoms with Gasteiger partial charge in [-0.1, -0.05) is 22.0 Å². The number of hydrogen-bond donors (Lipinski definition) is 1. The normalized spacial score (nSPS) is 9.93. The fourth-order valence-corrected chi connectivity index (χ4v) is 1.37. The lowest BCUT2D eigenvalue weighted by Gasteiger charge is -2.06. The molecule has 82 valence electrons. The van der Waals surface area contributed by atoms with Crippen LogP contribution in [0.5, 0.6) is 0 Å². The molecule has 1 aromatic rings. The minimum Gasteiger partial charge on any atom is -0.383 e. The van der Waals surface area contributed by atoms with Crippen molar-refractivity contribution < 1.29 is 4.74 Å². The van der Waals surface area contributed by atoms with Gasteiger partial charge in [0.2, 0.25) is 0 Å². The summed E-state index contributed by atoms with van der Waals surface area (Å²) in [7, 11) is 0. The van der Waals surface area contributed by atoms with E-state index in [-0.39, 0.29) is 0 Å². The van der Waals surface area contributed by atoms with Crippen molar-refractivity contribution in [3.63, 3.8) is 0 Å². The van der Waals surface area contributed by atoms with E-state index in [2.05, 4.69) is 27.8 Å². The molecular weight excluding hydrogens is 254 g/mol. The average Bonchev–Trinajstić information content (AvgIpc) is 2.26. The fraction of sp³-hybridized carbons (Fsp3) is 0.333. The van der Waals surface area contributed by atoms with Crippen molar-refractivity contribution in [3.8, 4) is 0 Å². The summed E-state index contributed by atoms with van der Waals surface area (Å²) in [6.07, 6.45) is 2.78. The molecule has 0 aromatic heterocycles. The summed E-state index contributed by atoms with van der Waals surface area (Å²) in [5.74, 6) is 0. The Hall–Kier alpha value is -0.800. The van der Waals surface area contributed by atoms with Crippen molar-refractivity contribution in [2.75, 3.05) is 25.1 Å². The molecular formula is C12H16BrNO. The van der Waals surface area contributed by atoms with E-state index in [9.17, 15) is 0 Å². The number of anilines is 1. The third-order valence-electron chi connectivity index (χ3n) is 1.89. The van der Waals surface area contributed by atoms with Crippen molar-refractivity contribution in [2.45, 2.75) is 6.42 Å². The number of ether oxygens (including phenoxy) is 1. The van der Waals surface area contributed by atoms with Crippen molar-refractivity contribution >= 4 is 21.6 Å². The van der Waals surface area contributed by atoms with Crippen LogP contribution in [0.1, 0.15) is 6.42 Å². The molecule has 3 heteroatoms. The largest absolute Gasteiger partial charge is 0.383 e. The molecule has 0 unspecified atom stereocenters. The third kappa shape index (κ3) is 5.60. The van der Waals surface area contributed by atoms with Gasteiger partial charge in [-0.25, -0.2) is 0 Å². The Morgan fingerprint density at radius 1 is 1.27 bits per heavy atom. The maximum Gasteiger partial charge on any atom is 0.0639 e. The van der Waals surface area contributed by atoms with Crippen LogP contribution in [0.4, 0.5) is 5.69 Å². The van der Waals surface area contributed by atoms with Crippen molar-refractivity contribution in [1.29, 1.82) is 0 Å². The lowest BCUT2D eigenvalue weighted by atomic mass is 10.3. The first kappa shape index (κ1) is 12.3. The molecule has 1 aromatic carbocycles. The molecule has 2 nitrogen and oxygen atoms in total. The molecule has 0 radical (unpaired) electrons. The SMILES string of the molecule is C=CCCOCCNc1ccc(Br)cc1. The van der Waals surface area contributed by atoms with E-state index < -0.39 is 0 Å². The molecule has 0 atom stereocenters. The number of rotatable bonds is 7. The highest BCUT2D eigenvalue weighted by Crippen LogP contribution is 2.13. The predicted molar refractivity (Wildman–Crippen MR) is 68.3 cm³/mol. The van der Waals surface area contributed by atoms with Crippen LogP contribution in [0.15, 0.2) is 41.4 Å². The van der Waals surface area contributed by atoms with Crippen molar-refractivity contribution in [1.82, 2.24) is 0 Å². The van der Waals surface area contributed by atoms with Crippen LogP contribution in [-0.4, -0.2) is 19.8 Å². The summed E-state index contributed by atoms with van der Waals surface area (Å²) in [6, 6.07) is 8.10. The van der Waals surface area contributed by atoms with Gasteiger partial charge in [0.25, 0.3) is 0 Å². The smallest absolute Gasteiger partial charge is 0.0639 e. The first-order valence-corrected chi connectivity index (χ1v) is 5.80. The second-order valence-electron chi connectivity index (χ2n) is 3.12. The monoisotopic (exact) mass is 269 g/mol. The lowest BCUT2D eigenvalue weighted by Crippen LogP contribution is -2.09. The molecule has 1 rings (SSSR count).